The zero-order valence-electron chi connectivity index (χ0n) is 9.12. The molecular formula is C12H18N2O. The van der Waals surface area contributed by atoms with Crippen molar-refractivity contribution in [3.63, 3.8) is 0 Å². The van der Waals surface area contributed by atoms with Gasteiger partial charge in [0.25, 0.3) is 0 Å². The molecule has 0 saturated carbocycles. The van der Waals surface area contributed by atoms with Crippen LogP contribution in [0.4, 0.5) is 11.4 Å². The fourth-order valence-electron chi connectivity index (χ4n) is 1.95. The third-order valence-corrected chi connectivity index (χ3v) is 2.66. The van der Waals surface area contributed by atoms with Gasteiger partial charge in [-0.05, 0) is 43.5 Å². The van der Waals surface area contributed by atoms with E-state index in [1.54, 1.807) is 0 Å². The third kappa shape index (κ3) is 2.86. The molecule has 82 valence electrons. The van der Waals surface area contributed by atoms with Gasteiger partial charge in [0.05, 0.1) is 6.10 Å². The van der Waals surface area contributed by atoms with Crippen LogP contribution in [0.1, 0.15) is 18.4 Å². The maximum Gasteiger partial charge on any atom is 0.0748 e. The summed E-state index contributed by atoms with van der Waals surface area (Å²) in [6, 6.07) is 6.03. The molecule has 0 aliphatic carbocycles. The van der Waals surface area contributed by atoms with E-state index < -0.39 is 0 Å². The van der Waals surface area contributed by atoms with Crippen LogP contribution in [0.25, 0.3) is 0 Å². The highest BCUT2D eigenvalue weighted by atomic mass is 16.5. The minimum atomic E-state index is 0.367. The number of ether oxygens (including phenoxy) is 1. The molecule has 0 aromatic heterocycles. The van der Waals surface area contributed by atoms with Gasteiger partial charge < -0.3 is 15.8 Å². The van der Waals surface area contributed by atoms with E-state index in [0.29, 0.717) is 6.10 Å². The van der Waals surface area contributed by atoms with Crippen molar-refractivity contribution in [2.45, 2.75) is 25.9 Å². The van der Waals surface area contributed by atoms with E-state index in [-0.39, 0.29) is 0 Å². The Labute approximate surface area is 90.6 Å². The molecule has 3 heteroatoms. The van der Waals surface area contributed by atoms with Crippen molar-refractivity contribution in [3.8, 4) is 0 Å². The molecule has 15 heavy (non-hydrogen) atoms. The van der Waals surface area contributed by atoms with Gasteiger partial charge in [0.1, 0.15) is 0 Å². The predicted molar refractivity (Wildman–Crippen MR) is 63.1 cm³/mol. The van der Waals surface area contributed by atoms with E-state index in [4.69, 9.17) is 10.5 Å². The van der Waals surface area contributed by atoms with Gasteiger partial charge in [0, 0.05) is 24.5 Å². The number of aryl methyl sites for hydroxylation is 1. The average molecular weight is 206 g/mol. The quantitative estimate of drug-likeness (QED) is 0.745. The standard InChI is InChI=1S/C12H18N2O/c1-9-5-10(13)7-11(6-9)14-8-12-3-2-4-15-12/h5-7,12,14H,2-4,8,13H2,1H3. The lowest BCUT2D eigenvalue weighted by Gasteiger charge is -2.12. The number of hydrogen-bond donors (Lipinski definition) is 2. The van der Waals surface area contributed by atoms with Crippen LogP contribution < -0.4 is 11.1 Å². The highest BCUT2D eigenvalue weighted by Gasteiger charge is 2.14. The number of nitrogens with one attached hydrogen (secondary N) is 1. The lowest BCUT2D eigenvalue weighted by Crippen LogP contribution is -2.18. The fraction of sp³-hybridized carbons (Fsp3) is 0.500. The van der Waals surface area contributed by atoms with Crippen LogP contribution in [-0.4, -0.2) is 19.3 Å². The summed E-state index contributed by atoms with van der Waals surface area (Å²) in [7, 11) is 0. The molecule has 0 bridgehead atoms. The minimum Gasteiger partial charge on any atom is -0.399 e. The third-order valence-electron chi connectivity index (χ3n) is 2.66. The second-order valence-electron chi connectivity index (χ2n) is 4.15. The summed E-state index contributed by atoms with van der Waals surface area (Å²) in [4.78, 5) is 0. The molecule has 1 heterocycles. The van der Waals surface area contributed by atoms with Crippen molar-refractivity contribution in [1.82, 2.24) is 0 Å². The number of nitrogen functional groups attached to an aromatic ring is 1. The Morgan fingerprint density at radius 1 is 1.47 bits per heavy atom. The molecule has 0 amide bonds. The monoisotopic (exact) mass is 206 g/mol. The normalized spacial score (nSPS) is 20.5. The Bertz CT molecular complexity index is 312. The molecule has 2 rings (SSSR count). The second-order valence-corrected chi connectivity index (χ2v) is 4.15. The van der Waals surface area contributed by atoms with E-state index >= 15 is 0 Å². The van der Waals surface area contributed by atoms with Crippen molar-refractivity contribution in [2.75, 3.05) is 24.2 Å². The molecule has 0 radical (unpaired) electrons. The van der Waals surface area contributed by atoms with Crippen molar-refractivity contribution in [1.29, 1.82) is 0 Å². The smallest absolute Gasteiger partial charge is 0.0748 e. The summed E-state index contributed by atoms with van der Waals surface area (Å²) < 4.78 is 5.54. The highest BCUT2D eigenvalue weighted by Crippen LogP contribution is 2.17. The number of anilines is 2. The minimum absolute atomic E-state index is 0.367. The SMILES string of the molecule is Cc1cc(N)cc(NCC2CCCO2)c1. The van der Waals surface area contributed by atoms with Crippen molar-refractivity contribution in [3.05, 3.63) is 23.8 Å². The first kappa shape index (κ1) is 10.3. The maximum atomic E-state index is 5.77. The van der Waals surface area contributed by atoms with Gasteiger partial charge in [-0.1, -0.05) is 0 Å². The lowest BCUT2D eigenvalue weighted by atomic mass is 10.2. The van der Waals surface area contributed by atoms with Gasteiger partial charge in [0.15, 0.2) is 0 Å². The molecule has 1 aromatic carbocycles. The number of nitrogens with two attached hydrogens (primary N) is 1. The number of benzene rings is 1. The van der Waals surface area contributed by atoms with Crippen LogP contribution in [0.15, 0.2) is 18.2 Å². The van der Waals surface area contributed by atoms with Gasteiger partial charge in [-0.15, -0.1) is 0 Å². The fourth-order valence-corrected chi connectivity index (χ4v) is 1.95. The summed E-state index contributed by atoms with van der Waals surface area (Å²) in [5.74, 6) is 0. The largest absolute Gasteiger partial charge is 0.399 e. The summed E-state index contributed by atoms with van der Waals surface area (Å²) >= 11 is 0. The molecule has 3 N–H and O–H groups in total. The van der Waals surface area contributed by atoms with E-state index in [1.165, 1.54) is 12.0 Å². The first-order valence-corrected chi connectivity index (χ1v) is 5.47. The molecule has 1 saturated heterocycles. The average Bonchev–Trinajstić information content (AvgIpc) is 2.65. The van der Waals surface area contributed by atoms with Crippen LogP contribution >= 0.6 is 0 Å². The molecule has 3 nitrogen and oxygen atoms in total. The molecule has 1 atom stereocenters. The van der Waals surface area contributed by atoms with E-state index in [2.05, 4.69) is 11.4 Å². The molecule has 1 aromatic rings. The topological polar surface area (TPSA) is 47.3 Å². The summed E-state index contributed by atoms with van der Waals surface area (Å²) in [5, 5.41) is 3.36. The summed E-state index contributed by atoms with van der Waals surface area (Å²) in [5.41, 5.74) is 8.85. The van der Waals surface area contributed by atoms with Crippen LogP contribution in [0, 0.1) is 6.92 Å². The van der Waals surface area contributed by atoms with Gasteiger partial charge in [-0.3, -0.25) is 0 Å². The Kier molecular flexibility index (Phi) is 3.11. The van der Waals surface area contributed by atoms with Crippen LogP contribution in [0.5, 0.6) is 0 Å². The van der Waals surface area contributed by atoms with Crippen molar-refractivity contribution in [2.24, 2.45) is 0 Å². The Morgan fingerprint density at radius 3 is 3.00 bits per heavy atom. The van der Waals surface area contributed by atoms with Gasteiger partial charge in [0.2, 0.25) is 0 Å². The Hall–Kier alpha value is -1.22. The lowest BCUT2D eigenvalue weighted by molar-refractivity contribution is 0.120. The van der Waals surface area contributed by atoms with E-state index in [1.807, 2.05) is 19.1 Å². The molecule has 1 unspecified atom stereocenters. The van der Waals surface area contributed by atoms with Crippen LogP contribution in [0.2, 0.25) is 0 Å². The molecule has 0 spiro atoms. The van der Waals surface area contributed by atoms with Crippen molar-refractivity contribution >= 4 is 11.4 Å². The summed E-state index contributed by atoms with van der Waals surface area (Å²) in [6.45, 7) is 3.83. The molecule has 1 aliphatic heterocycles. The second kappa shape index (κ2) is 4.53. The number of rotatable bonds is 3. The first-order valence-electron chi connectivity index (χ1n) is 5.47. The van der Waals surface area contributed by atoms with E-state index in [9.17, 15) is 0 Å². The molecule has 1 fully saturated rings. The van der Waals surface area contributed by atoms with Gasteiger partial charge in [-0.2, -0.15) is 0 Å². The summed E-state index contributed by atoms with van der Waals surface area (Å²) in [6.07, 6.45) is 2.71. The Balaban J connectivity index is 1.92. The molecule has 1 aliphatic rings. The highest BCUT2D eigenvalue weighted by molar-refractivity contribution is 5.56. The molecular weight excluding hydrogens is 188 g/mol. The van der Waals surface area contributed by atoms with Crippen molar-refractivity contribution < 1.29 is 4.74 Å². The van der Waals surface area contributed by atoms with Gasteiger partial charge >= 0.3 is 0 Å². The van der Waals surface area contributed by atoms with Gasteiger partial charge in [-0.25, -0.2) is 0 Å². The van der Waals surface area contributed by atoms with Crippen LogP contribution in [0.3, 0.4) is 0 Å². The zero-order chi connectivity index (χ0) is 10.7. The first-order chi connectivity index (χ1) is 7.24. The predicted octanol–water partition coefficient (Wildman–Crippen LogP) is 2.17. The van der Waals surface area contributed by atoms with E-state index in [0.717, 1.165) is 30.9 Å². The Morgan fingerprint density at radius 2 is 2.33 bits per heavy atom. The number of hydrogen-bond acceptors (Lipinski definition) is 3. The zero-order valence-corrected chi connectivity index (χ0v) is 9.12. The van der Waals surface area contributed by atoms with Crippen LogP contribution in [-0.2, 0) is 4.74 Å². The maximum absolute atomic E-state index is 5.77.